The summed E-state index contributed by atoms with van der Waals surface area (Å²) < 4.78 is 19.4. The Morgan fingerprint density at radius 2 is 2.12 bits per heavy atom. The first-order valence-electron chi connectivity index (χ1n) is 7.98. The summed E-state index contributed by atoms with van der Waals surface area (Å²) in [5, 5.41) is 0.946. The minimum absolute atomic E-state index is 0.421. The first-order chi connectivity index (χ1) is 12.7. The van der Waals surface area contributed by atoms with Crippen molar-refractivity contribution in [1.82, 2.24) is 9.97 Å². The van der Waals surface area contributed by atoms with Gasteiger partial charge in [-0.05, 0) is 50.0 Å². The molecule has 3 aromatic rings. The van der Waals surface area contributed by atoms with Crippen LogP contribution in [0.2, 0.25) is 0 Å². The van der Waals surface area contributed by atoms with Crippen LogP contribution in [-0.2, 0) is 0 Å². The number of pyridine rings is 2. The molecule has 130 valence electrons. The van der Waals surface area contributed by atoms with Gasteiger partial charge in [-0.3, -0.25) is 20.0 Å². The SMILES string of the molecule is C=N/C=C(\N=C/C)C(Oc1ccc2ncccc2c1)c1ccc(F)cn1. The lowest BCUT2D eigenvalue weighted by Crippen LogP contribution is -2.12. The van der Waals surface area contributed by atoms with Crippen LogP contribution < -0.4 is 4.74 Å². The van der Waals surface area contributed by atoms with Gasteiger partial charge in [0.1, 0.15) is 17.3 Å². The van der Waals surface area contributed by atoms with Crippen LogP contribution in [0.15, 0.2) is 76.7 Å². The number of benzene rings is 1. The van der Waals surface area contributed by atoms with E-state index in [-0.39, 0.29) is 0 Å². The van der Waals surface area contributed by atoms with Crippen LogP contribution in [0.1, 0.15) is 18.7 Å². The van der Waals surface area contributed by atoms with Crippen molar-refractivity contribution in [3.63, 3.8) is 0 Å². The summed E-state index contributed by atoms with van der Waals surface area (Å²) in [6.07, 6.45) is 5.34. The van der Waals surface area contributed by atoms with E-state index >= 15 is 0 Å². The molecule has 3 rings (SSSR count). The smallest absolute Gasteiger partial charge is 0.184 e. The van der Waals surface area contributed by atoms with Gasteiger partial charge >= 0.3 is 0 Å². The van der Waals surface area contributed by atoms with Gasteiger partial charge in [0.25, 0.3) is 0 Å². The van der Waals surface area contributed by atoms with E-state index in [0.717, 1.165) is 17.1 Å². The molecule has 0 aliphatic rings. The van der Waals surface area contributed by atoms with Crippen molar-refractivity contribution in [3.8, 4) is 5.75 Å². The molecule has 0 bridgehead atoms. The molecule has 0 N–H and O–H groups in total. The fraction of sp³-hybridized carbons (Fsp3) is 0.100. The predicted octanol–water partition coefficient (Wildman–Crippen LogP) is 4.52. The number of nitrogens with zero attached hydrogens (tertiary/aromatic N) is 4. The summed E-state index contributed by atoms with van der Waals surface area (Å²) >= 11 is 0. The second-order valence-electron chi connectivity index (χ2n) is 5.38. The van der Waals surface area contributed by atoms with Gasteiger partial charge in [-0.2, -0.15) is 0 Å². The van der Waals surface area contributed by atoms with Gasteiger partial charge in [-0.1, -0.05) is 6.07 Å². The molecule has 26 heavy (non-hydrogen) atoms. The van der Waals surface area contributed by atoms with Gasteiger partial charge < -0.3 is 4.74 Å². The summed E-state index contributed by atoms with van der Waals surface area (Å²) in [4.78, 5) is 16.5. The number of aliphatic imine (C=N–C) groups is 2. The molecular formula is C20H17FN4O. The average Bonchev–Trinajstić information content (AvgIpc) is 2.67. The minimum atomic E-state index is -0.661. The fourth-order valence-corrected chi connectivity index (χ4v) is 2.49. The quantitative estimate of drug-likeness (QED) is 0.615. The Morgan fingerprint density at radius 1 is 1.23 bits per heavy atom. The van der Waals surface area contributed by atoms with Crippen molar-refractivity contribution >= 4 is 23.8 Å². The summed E-state index contributed by atoms with van der Waals surface area (Å²) in [7, 11) is 0. The predicted molar refractivity (Wildman–Crippen MR) is 101 cm³/mol. The molecule has 0 radical (unpaired) electrons. The number of halogens is 1. The number of hydrogen-bond acceptors (Lipinski definition) is 5. The van der Waals surface area contributed by atoms with E-state index in [0.29, 0.717) is 17.1 Å². The topological polar surface area (TPSA) is 59.7 Å². The highest BCUT2D eigenvalue weighted by Gasteiger charge is 2.20. The van der Waals surface area contributed by atoms with Gasteiger partial charge in [-0.25, -0.2) is 4.39 Å². The second kappa shape index (κ2) is 8.11. The lowest BCUT2D eigenvalue weighted by molar-refractivity contribution is 0.236. The second-order valence-corrected chi connectivity index (χ2v) is 5.38. The Balaban J connectivity index is 2.02. The molecule has 2 heterocycles. The molecule has 0 spiro atoms. The van der Waals surface area contributed by atoms with Crippen molar-refractivity contribution in [2.45, 2.75) is 13.0 Å². The summed E-state index contributed by atoms with van der Waals surface area (Å²) in [5.74, 6) is 0.193. The van der Waals surface area contributed by atoms with Crippen LogP contribution in [0.3, 0.4) is 0 Å². The zero-order chi connectivity index (χ0) is 18.4. The van der Waals surface area contributed by atoms with Crippen molar-refractivity contribution in [1.29, 1.82) is 0 Å². The van der Waals surface area contributed by atoms with Crippen LogP contribution in [0.4, 0.5) is 4.39 Å². The average molecular weight is 348 g/mol. The van der Waals surface area contributed by atoms with E-state index in [9.17, 15) is 4.39 Å². The largest absolute Gasteiger partial charge is 0.478 e. The number of fused-ring (bicyclic) bond motifs is 1. The first-order valence-corrected chi connectivity index (χ1v) is 7.98. The molecule has 0 saturated carbocycles. The standard InChI is InChI=1S/C20H17FN4O/c1-3-23-19(13-22-2)20(18-8-6-15(21)12-25-18)26-16-7-9-17-14(11-16)5-4-10-24-17/h3-13,20H,2H2,1H3/b19-13-,23-3-. The first kappa shape index (κ1) is 17.4. The minimum Gasteiger partial charge on any atom is -0.478 e. The maximum Gasteiger partial charge on any atom is 0.184 e. The summed E-state index contributed by atoms with van der Waals surface area (Å²) in [6, 6.07) is 12.3. The lowest BCUT2D eigenvalue weighted by Gasteiger charge is -2.19. The summed E-state index contributed by atoms with van der Waals surface area (Å²) in [6.45, 7) is 5.26. The maximum atomic E-state index is 13.3. The maximum absolute atomic E-state index is 13.3. The number of hydrogen-bond donors (Lipinski definition) is 0. The van der Waals surface area contributed by atoms with E-state index in [1.165, 1.54) is 12.3 Å². The Kier molecular flexibility index (Phi) is 5.43. The zero-order valence-electron chi connectivity index (χ0n) is 14.2. The van der Waals surface area contributed by atoms with Crippen molar-refractivity contribution < 1.29 is 9.13 Å². The summed E-state index contributed by atoms with van der Waals surface area (Å²) in [5.41, 5.74) is 1.89. The van der Waals surface area contributed by atoms with Gasteiger partial charge in [-0.15, -0.1) is 0 Å². The Hall–Kier alpha value is -3.41. The fourth-order valence-electron chi connectivity index (χ4n) is 2.49. The Labute approximate surface area is 150 Å². The van der Waals surface area contributed by atoms with Crippen molar-refractivity contribution in [2.75, 3.05) is 0 Å². The monoisotopic (exact) mass is 348 g/mol. The van der Waals surface area contributed by atoms with Gasteiger partial charge in [0.15, 0.2) is 6.10 Å². The molecule has 2 aromatic heterocycles. The van der Waals surface area contributed by atoms with Crippen LogP contribution in [0.25, 0.3) is 10.9 Å². The lowest BCUT2D eigenvalue weighted by atomic mass is 10.1. The molecule has 0 fully saturated rings. The number of aromatic nitrogens is 2. The van der Waals surface area contributed by atoms with Gasteiger partial charge in [0.2, 0.25) is 0 Å². The van der Waals surface area contributed by atoms with Crippen LogP contribution in [0.5, 0.6) is 5.75 Å². The normalized spacial score (nSPS) is 13.1. The van der Waals surface area contributed by atoms with Gasteiger partial charge in [0, 0.05) is 17.8 Å². The molecule has 6 heteroatoms. The molecular weight excluding hydrogens is 331 g/mol. The van der Waals surface area contributed by atoms with Crippen molar-refractivity contribution in [2.24, 2.45) is 9.98 Å². The molecule has 0 aliphatic heterocycles. The number of rotatable bonds is 6. The third kappa shape index (κ3) is 3.97. The van der Waals surface area contributed by atoms with Crippen LogP contribution in [0, 0.1) is 5.82 Å². The molecule has 5 nitrogen and oxygen atoms in total. The zero-order valence-corrected chi connectivity index (χ0v) is 14.2. The third-order valence-corrected chi connectivity index (χ3v) is 3.62. The highest BCUT2D eigenvalue weighted by atomic mass is 19.1. The van der Waals surface area contributed by atoms with E-state index in [1.54, 1.807) is 25.4 Å². The molecule has 0 amide bonds. The van der Waals surface area contributed by atoms with E-state index in [2.05, 4.69) is 26.7 Å². The number of ether oxygens (including phenoxy) is 1. The molecule has 1 unspecified atom stereocenters. The molecule has 0 aliphatic carbocycles. The third-order valence-electron chi connectivity index (χ3n) is 3.62. The highest BCUT2D eigenvalue weighted by molar-refractivity contribution is 5.79. The van der Waals surface area contributed by atoms with Crippen molar-refractivity contribution in [3.05, 3.63) is 78.3 Å². The Morgan fingerprint density at radius 3 is 2.85 bits per heavy atom. The Bertz CT molecular complexity index is 967. The molecule has 1 atom stereocenters. The van der Waals surface area contributed by atoms with Gasteiger partial charge in [0.05, 0.1) is 23.6 Å². The molecule has 0 saturated heterocycles. The molecule has 1 aromatic carbocycles. The van der Waals surface area contributed by atoms with Crippen LogP contribution in [-0.4, -0.2) is 22.9 Å². The van der Waals surface area contributed by atoms with E-state index in [4.69, 9.17) is 4.74 Å². The van der Waals surface area contributed by atoms with E-state index < -0.39 is 11.9 Å². The highest BCUT2D eigenvalue weighted by Crippen LogP contribution is 2.29. The van der Waals surface area contributed by atoms with Crippen LogP contribution >= 0.6 is 0 Å². The van der Waals surface area contributed by atoms with E-state index in [1.807, 2.05) is 30.3 Å².